The van der Waals surface area contributed by atoms with Crippen LogP contribution in [0.15, 0.2) is 36.4 Å². The van der Waals surface area contributed by atoms with E-state index in [1.807, 2.05) is 43.3 Å². The van der Waals surface area contributed by atoms with Gasteiger partial charge in [-0.2, -0.15) is 0 Å². The van der Waals surface area contributed by atoms with Gasteiger partial charge in [-0.05, 0) is 48.9 Å². The number of ether oxygens (including phenoxy) is 1. The molecule has 5 nitrogen and oxygen atoms in total. The predicted octanol–water partition coefficient (Wildman–Crippen LogP) is 5.75. The van der Waals surface area contributed by atoms with Crippen LogP contribution in [0.3, 0.4) is 0 Å². The number of carbonyl (C=O) groups excluding carboxylic acids is 1. The lowest BCUT2D eigenvalue weighted by atomic mass is 9.92. The van der Waals surface area contributed by atoms with E-state index >= 15 is 0 Å². The van der Waals surface area contributed by atoms with Crippen molar-refractivity contribution in [3.8, 4) is 0 Å². The predicted molar refractivity (Wildman–Crippen MR) is 118 cm³/mol. The fraction of sp³-hybridized carbons (Fsp3) is 0.238. The number of halogens is 2. The average molecular weight is 446 g/mol. The molecule has 0 fully saturated rings. The zero-order valence-electron chi connectivity index (χ0n) is 15.5. The minimum Gasteiger partial charge on any atom is -0.465 e. The van der Waals surface area contributed by atoms with Gasteiger partial charge in [0.1, 0.15) is 5.92 Å². The van der Waals surface area contributed by atoms with E-state index in [1.54, 1.807) is 11.3 Å². The molecule has 0 aliphatic carbocycles. The molecule has 1 unspecified atom stereocenters. The third-order valence-electron chi connectivity index (χ3n) is 5.16. The zero-order chi connectivity index (χ0) is 20.1. The SMILES string of the molecule is CCOC(=O)C1CN(c2nc3ccc(Cl)cc3s2)Cc2[nH]c3ccc(Cl)cc3c21. The molecule has 1 N–H and O–H groups in total. The van der Waals surface area contributed by atoms with Crippen molar-refractivity contribution < 1.29 is 9.53 Å². The van der Waals surface area contributed by atoms with Crippen LogP contribution >= 0.6 is 34.5 Å². The molecular weight excluding hydrogens is 429 g/mol. The van der Waals surface area contributed by atoms with Gasteiger partial charge < -0.3 is 14.6 Å². The summed E-state index contributed by atoms with van der Waals surface area (Å²) in [6.45, 7) is 3.29. The summed E-state index contributed by atoms with van der Waals surface area (Å²) in [6, 6.07) is 11.4. The Kier molecular flexibility index (Phi) is 4.65. The Labute approximate surface area is 181 Å². The van der Waals surface area contributed by atoms with Gasteiger partial charge in [-0.3, -0.25) is 4.79 Å². The quantitative estimate of drug-likeness (QED) is 0.407. The van der Waals surface area contributed by atoms with E-state index in [1.165, 1.54) is 0 Å². The maximum Gasteiger partial charge on any atom is 0.315 e. The molecule has 1 atom stereocenters. The second-order valence-corrected chi connectivity index (χ2v) is 8.88. The van der Waals surface area contributed by atoms with E-state index in [-0.39, 0.29) is 5.97 Å². The van der Waals surface area contributed by atoms with Crippen molar-refractivity contribution >= 4 is 66.8 Å². The molecule has 148 valence electrons. The molecule has 2 aromatic carbocycles. The van der Waals surface area contributed by atoms with Gasteiger partial charge in [-0.15, -0.1) is 0 Å². The highest BCUT2D eigenvalue weighted by Crippen LogP contribution is 2.40. The number of rotatable bonds is 3. The largest absolute Gasteiger partial charge is 0.465 e. The Bertz CT molecular complexity index is 1250. The number of carbonyl (C=O) groups is 1. The summed E-state index contributed by atoms with van der Waals surface area (Å²) in [7, 11) is 0. The molecular formula is C21H17Cl2N3O2S. The summed E-state index contributed by atoms with van der Waals surface area (Å²) in [5.74, 6) is -0.648. The molecule has 1 aliphatic rings. The molecule has 0 saturated carbocycles. The Morgan fingerprint density at radius 1 is 1.28 bits per heavy atom. The Hall–Kier alpha value is -2.28. The Balaban J connectivity index is 1.61. The lowest BCUT2D eigenvalue weighted by Gasteiger charge is -2.31. The summed E-state index contributed by atoms with van der Waals surface area (Å²) in [4.78, 5) is 23.2. The highest BCUT2D eigenvalue weighted by Gasteiger charge is 2.35. The monoisotopic (exact) mass is 445 g/mol. The molecule has 8 heteroatoms. The lowest BCUT2D eigenvalue weighted by molar-refractivity contribution is -0.144. The fourth-order valence-electron chi connectivity index (χ4n) is 3.93. The highest BCUT2D eigenvalue weighted by atomic mass is 35.5. The van der Waals surface area contributed by atoms with Gasteiger partial charge >= 0.3 is 5.97 Å². The van der Waals surface area contributed by atoms with Crippen LogP contribution in [0.4, 0.5) is 5.13 Å². The molecule has 0 saturated heterocycles. The molecule has 3 heterocycles. The van der Waals surface area contributed by atoms with Crippen LogP contribution in [0.25, 0.3) is 21.1 Å². The third kappa shape index (κ3) is 3.25. The Morgan fingerprint density at radius 3 is 2.90 bits per heavy atom. The lowest BCUT2D eigenvalue weighted by Crippen LogP contribution is -2.37. The van der Waals surface area contributed by atoms with Crippen molar-refractivity contribution in [1.82, 2.24) is 9.97 Å². The minimum atomic E-state index is -0.415. The first-order chi connectivity index (χ1) is 14.0. The molecule has 0 amide bonds. The number of nitrogens with zero attached hydrogens (tertiary/aromatic N) is 2. The van der Waals surface area contributed by atoms with E-state index in [9.17, 15) is 4.79 Å². The fourth-order valence-corrected chi connectivity index (χ4v) is 5.36. The minimum absolute atomic E-state index is 0.233. The molecule has 5 rings (SSSR count). The van der Waals surface area contributed by atoms with Gasteiger partial charge in [0.05, 0.1) is 23.4 Å². The second kappa shape index (κ2) is 7.20. The van der Waals surface area contributed by atoms with Gasteiger partial charge in [0, 0.05) is 33.2 Å². The number of anilines is 1. The van der Waals surface area contributed by atoms with E-state index < -0.39 is 5.92 Å². The number of fused-ring (bicyclic) bond motifs is 4. The van der Waals surface area contributed by atoms with Crippen LogP contribution in [0.1, 0.15) is 24.1 Å². The summed E-state index contributed by atoms with van der Waals surface area (Å²) >= 11 is 13.9. The van der Waals surface area contributed by atoms with Crippen LogP contribution in [0, 0.1) is 0 Å². The number of H-pyrrole nitrogens is 1. The van der Waals surface area contributed by atoms with E-state index in [4.69, 9.17) is 32.9 Å². The number of hydrogen-bond acceptors (Lipinski definition) is 5. The number of aromatic amines is 1. The highest BCUT2D eigenvalue weighted by molar-refractivity contribution is 7.22. The van der Waals surface area contributed by atoms with Crippen molar-refractivity contribution in [3.05, 3.63) is 57.7 Å². The number of benzene rings is 2. The average Bonchev–Trinajstić information content (AvgIpc) is 3.27. The van der Waals surface area contributed by atoms with Gasteiger partial charge in [-0.25, -0.2) is 4.98 Å². The van der Waals surface area contributed by atoms with Crippen LogP contribution in [0.2, 0.25) is 10.0 Å². The van der Waals surface area contributed by atoms with Gasteiger partial charge in [0.15, 0.2) is 5.13 Å². The van der Waals surface area contributed by atoms with Crippen molar-refractivity contribution in [2.24, 2.45) is 0 Å². The summed E-state index contributed by atoms with van der Waals surface area (Å²) < 4.78 is 6.42. The van der Waals surface area contributed by atoms with E-state index in [2.05, 4.69) is 9.88 Å². The zero-order valence-corrected chi connectivity index (χ0v) is 17.9. The standard InChI is InChI=1S/C21H17Cl2N3O2S/c1-2-28-20(27)14-9-26(21-25-16-6-4-12(23)8-18(16)29-21)10-17-19(14)13-7-11(22)3-5-15(13)24-17/h3-8,14,24H,2,9-10H2,1H3. The number of nitrogens with one attached hydrogen (secondary N) is 1. The normalized spacial score (nSPS) is 16.4. The van der Waals surface area contributed by atoms with Gasteiger partial charge in [0.2, 0.25) is 0 Å². The molecule has 4 aromatic rings. The first-order valence-corrected chi connectivity index (χ1v) is 10.9. The van der Waals surface area contributed by atoms with Crippen molar-refractivity contribution in [3.63, 3.8) is 0 Å². The number of esters is 1. The summed E-state index contributed by atoms with van der Waals surface area (Å²) in [5, 5.41) is 3.16. The van der Waals surface area contributed by atoms with Crippen molar-refractivity contribution in [2.75, 3.05) is 18.1 Å². The third-order valence-corrected chi connectivity index (χ3v) is 6.71. The molecule has 1 aliphatic heterocycles. The van der Waals surface area contributed by atoms with Crippen LogP contribution in [-0.4, -0.2) is 29.1 Å². The van der Waals surface area contributed by atoms with Gasteiger partial charge in [0.25, 0.3) is 0 Å². The van der Waals surface area contributed by atoms with Crippen molar-refractivity contribution in [1.29, 1.82) is 0 Å². The van der Waals surface area contributed by atoms with E-state index in [0.717, 1.165) is 37.5 Å². The van der Waals surface area contributed by atoms with Crippen LogP contribution in [-0.2, 0) is 16.1 Å². The summed E-state index contributed by atoms with van der Waals surface area (Å²) in [6.07, 6.45) is 0. The topological polar surface area (TPSA) is 58.2 Å². The first-order valence-electron chi connectivity index (χ1n) is 9.31. The maximum absolute atomic E-state index is 12.9. The molecule has 29 heavy (non-hydrogen) atoms. The molecule has 2 aromatic heterocycles. The maximum atomic E-state index is 12.9. The number of hydrogen-bond donors (Lipinski definition) is 1. The first kappa shape index (κ1) is 18.7. The van der Waals surface area contributed by atoms with Gasteiger partial charge in [-0.1, -0.05) is 34.5 Å². The summed E-state index contributed by atoms with van der Waals surface area (Å²) in [5.41, 5.74) is 3.83. The van der Waals surface area contributed by atoms with Crippen LogP contribution in [0.5, 0.6) is 0 Å². The molecule has 0 radical (unpaired) electrons. The van der Waals surface area contributed by atoms with Crippen molar-refractivity contribution in [2.45, 2.75) is 19.4 Å². The number of thiazole rings is 1. The smallest absolute Gasteiger partial charge is 0.315 e. The molecule has 0 bridgehead atoms. The second-order valence-electron chi connectivity index (χ2n) is 7.00. The molecule has 0 spiro atoms. The number of aromatic nitrogens is 2. The Morgan fingerprint density at radius 2 is 2.07 bits per heavy atom. The van der Waals surface area contributed by atoms with E-state index in [0.29, 0.717) is 29.7 Å². The van der Waals surface area contributed by atoms with Crippen LogP contribution < -0.4 is 4.90 Å².